The summed E-state index contributed by atoms with van der Waals surface area (Å²) in [5.74, 6) is 0.00254. The van der Waals surface area contributed by atoms with Crippen LogP contribution in [-0.4, -0.2) is 35.6 Å². The minimum absolute atomic E-state index is 0.00725. The average Bonchev–Trinajstić information content (AvgIpc) is 2.97. The number of hydrogen-bond acceptors (Lipinski definition) is 2. The molecule has 1 aromatic rings. The van der Waals surface area contributed by atoms with E-state index >= 15 is 0 Å². The first-order chi connectivity index (χ1) is 11.4. The number of benzene rings is 1. The molecule has 24 heavy (non-hydrogen) atoms. The normalized spacial score (nSPS) is 26.9. The van der Waals surface area contributed by atoms with E-state index in [1.165, 1.54) is 0 Å². The molecular formula is C18H23F3N2O. The molecule has 1 heterocycles. The molecule has 2 aliphatic rings. The molecule has 0 spiro atoms. The Hall–Kier alpha value is -1.56. The molecule has 1 saturated carbocycles. The maximum Gasteiger partial charge on any atom is 0.406 e. The first-order valence-electron chi connectivity index (χ1n) is 8.58. The van der Waals surface area contributed by atoms with E-state index in [2.05, 4.69) is 5.32 Å². The van der Waals surface area contributed by atoms with E-state index in [1.807, 2.05) is 6.07 Å². The van der Waals surface area contributed by atoms with Gasteiger partial charge in [-0.1, -0.05) is 43.2 Å². The number of rotatable bonds is 4. The molecule has 1 saturated heterocycles. The van der Waals surface area contributed by atoms with Gasteiger partial charge in [-0.2, -0.15) is 13.2 Å². The van der Waals surface area contributed by atoms with Crippen molar-refractivity contribution in [2.75, 3.05) is 6.54 Å². The summed E-state index contributed by atoms with van der Waals surface area (Å²) in [5.41, 5.74) is 0.713. The molecule has 3 atom stereocenters. The number of nitrogens with zero attached hydrogens (tertiary/aromatic N) is 1. The zero-order valence-corrected chi connectivity index (χ0v) is 13.6. The van der Waals surface area contributed by atoms with Crippen LogP contribution in [0.4, 0.5) is 13.2 Å². The quantitative estimate of drug-likeness (QED) is 0.910. The van der Waals surface area contributed by atoms with Gasteiger partial charge >= 0.3 is 6.18 Å². The van der Waals surface area contributed by atoms with Crippen LogP contribution in [-0.2, 0) is 11.3 Å². The second kappa shape index (κ2) is 7.13. The maximum absolute atomic E-state index is 12.9. The molecule has 0 aromatic heterocycles. The van der Waals surface area contributed by atoms with Crippen LogP contribution in [0.1, 0.15) is 37.7 Å². The molecule has 1 aliphatic carbocycles. The summed E-state index contributed by atoms with van der Waals surface area (Å²) in [7, 11) is 0. The zero-order chi connectivity index (χ0) is 17.2. The topological polar surface area (TPSA) is 32.3 Å². The molecule has 132 valence electrons. The fourth-order valence-corrected chi connectivity index (χ4v) is 3.96. The van der Waals surface area contributed by atoms with E-state index in [0.29, 0.717) is 17.9 Å². The van der Waals surface area contributed by atoms with Crippen LogP contribution < -0.4 is 5.32 Å². The van der Waals surface area contributed by atoms with Crippen molar-refractivity contribution in [1.29, 1.82) is 0 Å². The molecule has 1 amide bonds. The van der Waals surface area contributed by atoms with E-state index in [9.17, 15) is 18.0 Å². The Balaban J connectivity index is 1.71. The first kappa shape index (κ1) is 17.3. The molecule has 6 heteroatoms. The number of nitrogens with one attached hydrogen (secondary N) is 1. The summed E-state index contributed by atoms with van der Waals surface area (Å²) >= 11 is 0. The number of amides is 1. The van der Waals surface area contributed by atoms with Crippen molar-refractivity contribution in [2.24, 2.45) is 5.92 Å². The summed E-state index contributed by atoms with van der Waals surface area (Å²) in [6.07, 6.45) is 0.639. The highest BCUT2D eigenvalue weighted by molar-refractivity contribution is 5.82. The van der Waals surface area contributed by atoms with Crippen molar-refractivity contribution >= 4 is 5.91 Å². The van der Waals surface area contributed by atoms with Gasteiger partial charge in [-0.15, -0.1) is 0 Å². The number of alkyl halides is 3. The van der Waals surface area contributed by atoms with Gasteiger partial charge in [-0.3, -0.25) is 4.79 Å². The van der Waals surface area contributed by atoms with Gasteiger partial charge in [0.05, 0.1) is 6.04 Å². The fourth-order valence-electron chi connectivity index (χ4n) is 3.96. The molecule has 1 aliphatic heterocycles. The van der Waals surface area contributed by atoms with Crippen LogP contribution in [0.3, 0.4) is 0 Å². The Morgan fingerprint density at radius 1 is 1.17 bits per heavy atom. The number of fused-ring (bicyclic) bond motifs is 1. The van der Waals surface area contributed by atoms with E-state index in [4.69, 9.17) is 0 Å². The van der Waals surface area contributed by atoms with E-state index in [0.717, 1.165) is 30.6 Å². The largest absolute Gasteiger partial charge is 0.406 e. The third-order valence-electron chi connectivity index (χ3n) is 5.06. The van der Waals surface area contributed by atoms with Crippen molar-refractivity contribution in [2.45, 2.75) is 56.9 Å². The minimum atomic E-state index is -4.39. The van der Waals surface area contributed by atoms with Gasteiger partial charge in [-0.05, 0) is 30.7 Å². The Morgan fingerprint density at radius 2 is 1.88 bits per heavy atom. The average molecular weight is 340 g/mol. The van der Waals surface area contributed by atoms with E-state index in [-0.39, 0.29) is 12.6 Å². The van der Waals surface area contributed by atoms with Crippen LogP contribution >= 0.6 is 0 Å². The lowest BCUT2D eigenvalue weighted by Gasteiger charge is -2.27. The molecule has 3 nitrogen and oxygen atoms in total. The van der Waals surface area contributed by atoms with Gasteiger partial charge in [-0.25, -0.2) is 0 Å². The highest BCUT2D eigenvalue weighted by atomic mass is 19.4. The van der Waals surface area contributed by atoms with Crippen LogP contribution in [0, 0.1) is 5.92 Å². The second-order valence-electron chi connectivity index (χ2n) is 6.90. The van der Waals surface area contributed by atoms with Gasteiger partial charge in [0, 0.05) is 12.6 Å². The predicted octanol–water partition coefficient (Wildman–Crippen LogP) is 3.50. The minimum Gasteiger partial charge on any atom is -0.328 e. The highest BCUT2D eigenvalue weighted by Gasteiger charge is 2.42. The molecule has 0 bridgehead atoms. The number of halogens is 3. The molecule has 1 aromatic carbocycles. The second-order valence-corrected chi connectivity index (χ2v) is 6.90. The van der Waals surface area contributed by atoms with Crippen molar-refractivity contribution in [3.05, 3.63) is 35.9 Å². The van der Waals surface area contributed by atoms with Crippen LogP contribution in [0.2, 0.25) is 0 Å². The van der Waals surface area contributed by atoms with Crippen molar-refractivity contribution in [1.82, 2.24) is 10.2 Å². The standard InChI is InChI=1S/C18H23F3N2O/c19-18(20,21)12-23(11-13-6-2-1-3-7-13)17(24)16-10-14-8-4-5-9-15(14)22-16/h1-3,6-7,14-16,22H,4-5,8-12H2. The van der Waals surface area contributed by atoms with Gasteiger partial charge in [0.25, 0.3) is 0 Å². The van der Waals surface area contributed by atoms with Gasteiger partial charge in [0.2, 0.25) is 5.91 Å². The smallest absolute Gasteiger partial charge is 0.328 e. The SMILES string of the molecule is O=C(C1CC2CCCCC2N1)N(Cc1ccccc1)CC(F)(F)F. The van der Waals surface area contributed by atoms with Gasteiger partial charge in [0.1, 0.15) is 6.54 Å². The molecule has 1 N–H and O–H groups in total. The van der Waals surface area contributed by atoms with Gasteiger partial charge < -0.3 is 10.2 Å². The molecule has 3 rings (SSSR count). The Bertz CT molecular complexity index is 547. The van der Waals surface area contributed by atoms with E-state index in [1.54, 1.807) is 24.3 Å². The molecule has 2 fully saturated rings. The fraction of sp³-hybridized carbons (Fsp3) is 0.611. The summed E-state index contributed by atoms with van der Waals surface area (Å²) in [6.45, 7) is -1.21. The highest BCUT2D eigenvalue weighted by Crippen LogP contribution is 2.34. The third-order valence-corrected chi connectivity index (χ3v) is 5.06. The number of carbonyl (C=O) groups is 1. The van der Waals surface area contributed by atoms with Crippen molar-refractivity contribution in [3.63, 3.8) is 0 Å². The van der Waals surface area contributed by atoms with Crippen LogP contribution in [0.25, 0.3) is 0 Å². The predicted molar refractivity (Wildman–Crippen MR) is 85.2 cm³/mol. The van der Waals surface area contributed by atoms with Crippen LogP contribution in [0.5, 0.6) is 0 Å². The van der Waals surface area contributed by atoms with Gasteiger partial charge in [0.15, 0.2) is 0 Å². The van der Waals surface area contributed by atoms with Crippen molar-refractivity contribution < 1.29 is 18.0 Å². The molecule has 3 unspecified atom stereocenters. The summed E-state index contributed by atoms with van der Waals surface area (Å²) in [6, 6.07) is 8.66. The zero-order valence-electron chi connectivity index (χ0n) is 13.6. The lowest BCUT2D eigenvalue weighted by molar-refractivity contribution is -0.163. The Morgan fingerprint density at radius 3 is 2.54 bits per heavy atom. The number of carbonyl (C=O) groups excluding carboxylic acids is 1. The summed E-state index contributed by atoms with van der Waals surface area (Å²) < 4.78 is 38.8. The Kier molecular flexibility index (Phi) is 5.13. The van der Waals surface area contributed by atoms with E-state index < -0.39 is 24.7 Å². The maximum atomic E-state index is 12.9. The monoisotopic (exact) mass is 340 g/mol. The summed E-state index contributed by atoms with van der Waals surface area (Å²) in [4.78, 5) is 13.7. The number of hydrogen-bond donors (Lipinski definition) is 1. The molecule has 0 radical (unpaired) electrons. The third kappa shape index (κ3) is 4.29. The van der Waals surface area contributed by atoms with Crippen LogP contribution in [0.15, 0.2) is 30.3 Å². The lowest BCUT2D eigenvalue weighted by atomic mass is 9.85. The lowest BCUT2D eigenvalue weighted by Crippen LogP contribution is -2.48. The van der Waals surface area contributed by atoms with Crippen molar-refractivity contribution in [3.8, 4) is 0 Å². The Labute approximate surface area is 140 Å². The first-order valence-corrected chi connectivity index (χ1v) is 8.58. The summed E-state index contributed by atoms with van der Waals surface area (Å²) in [5, 5.41) is 3.29. The molecular weight excluding hydrogens is 317 g/mol.